The standard InChI is InChI=1S/C8H7ClF3NO/c1-14-8-6(10)4(2-9)5(3-13-8)7(11)12/h3,7H,2H2,1H3. The van der Waals surface area contributed by atoms with E-state index in [0.29, 0.717) is 0 Å². The molecule has 0 unspecified atom stereocenters. The van der Waals surface area contributed by atoms with Crippen molar-refractivity contribution in [3.63, 3.8) is 0 Å². The van der Waals surface area contributed by atoms with Crippen LogP contribution in [0.1, 0.15) is 17.6 Å². The second-order valence-electron chi connectivity index (χ2n) is 2.45. The van der Waals surface area contributed by atoms with Gasteiger partial charge in [-0.3, -0.25) is 0 Å². The Hall–Kier alpha value is -0.970. The molecule has 0 radical (unpaired) electrons. The van der Waals surface area contributed by atoms with Gasteiger partial charge in [0.05, 0.1) is 13.0 Å². The summed E-state index contributed by atoms with van der Waals surface area (Å²) in [7, 11) is 1.20. The lowest BCUT2D eigenvalue weighted by Gasteiger charge is -2.09. The van der Waals surface area contributed by atoms with E-state index in [1.165, 1.54) is 7.11 Å². The Morgan fingerprint density at radius 3 is 2.64 bits per heavy atom. The van der Waals surface area contributed by atoms with Gasteiger partial charge >= 0.3 is 0 Å². The Kier molecular flexibility index (Phi) is 3.57. The first-order valence-corrected chi connectivity index (χ1v) is 4.20. The van der Waals surface area contributed by atoms with Crippen molar-refractivity contribution in [2.75, 3.05) is 7.11 Å². The molecule has 6 heteroatoms. The third kappa shape index (κ3) is 1.92. The Bertz CT molecular complexity index is 333. The van der Waals surface area contributed by atoms with Gasteiger partial charge in [0.2, 0.25) is 5.88 Å². The summed E-state index contributed by atoms with van der Waals surface area (Å²) in [5.74, 6) is -1.60. The zero-order chi connectivity index (χ0) is 10.7. The minimum atomic E-state index is -2.79. The fraction of sp³-hybridized carbons (Fsp3) is 0.375. The molecule has 0 spiro atoms. The Labute approximate surface area is 83.7 Å². The summed E-state index contributed by atoms with van der Waals surface area (Å²) < 4.78 is 42.5. The quantitative estimate of drug-likeness (QED) is 0.738. The van der Waals surface area contributed by atoms with Gasteiger partial charge in [0, 0.05) is 17.3 Å². The molecule has 2 nitrogen and oxygen atoms in total. The summed E-state index contributed by atoms with van der Waals surface area (Å²) in [6, 6.07) is 0. The van der Waals surface area contributed by atoms with E-state index in [-0.39, 0.29) is 17.3 Å². The van der Waals surface area contributed by atoms with Crippen molar-refractivity contribution in [1.82, 2.24) is 4.98 Å². The van der Waals surface area contributed by atoms with Crippen LogP contribution in [0, 0.1) is 5.82 Å². The summed E-state index contributed by atoms with van der Waals surface area (Å²) in [5, 5.41) is 0. The zero-order valence-corrected chi connectivity index (χ0v) is 7.99. The lowest BCUT2D eigenvalue weighted by molar-refractivity contribution is 0.149. The molecule has 0 saturated carbocycles. The summed E-state index contributed by atoms with van der Waals surface area (Å²) in [5.41, 5.74) is -0.771. The van der Waals surface area contributed by atoms with E-state index >= 15 is 0 Å². The van der Waals surface area contributed by atoms with Crippen LogP contribution >= 0.6 is 11.6 Å². The molecule has 1 heterocycles. The molecule has 1 rings (SSSR count). The van der Waals surface area contributed by atoms with Gasteiger partial charge in [0.15, 0.2) is 5.82 Å². The van der Waals surface area contributed by atoms with Crippen LogP contribution in [0.4, 0.5) is 13.2 Å². The molecule has 0 atom stereocenters. The predicted octanol–water partition coefficient (Wildman–Crippen LogP) is 2.91. The highest BCUT2D eigenvalue weighted by Gasteiger charge is 2.20. The van der Waals surface area contributed by atoms with Crippen LogP contribution in [-0.4, -0.2) is 12.1 Å². The highest BCUT2D eigenvalue weighted by Crippen LogP contribution is 2.29. The van der Waals surface area contributed by atoms with Crippen LogP contribution in [0.25, 0.3) is 0 Å². The number of nitrogens with zero attached hydrogens (tertiary/aromatic N) is 1. The Morgan fingerprint density at radius 1 is 1.57 bits per heavy atom. The molecule has 1 aromatic heterocycles. The maximum atomic E-state index is 13.3. The summed E-state index contributed by atoms with van der Waals surface area (Å²) >= 11 is 5.35. The number of hydrogen-bond donors (Lipinski definition) is 0. The van der Waals surface area contributed by atoms with E-state index in [0.717, 1.165) is 6.20 Å². The van der Waals surface area contributed by atoms with Gasteiger partial charge in [-0.15, -0.1) is 11.6 Å². The van der Waals surface area contributed by atoms with Crippen LogP contribution in [0.2, 0.25) is 0 Å². The molecule has 0 bridgehead atoms. The van der Waals surface area contributed by atoms with Crippen LogP contribution in [0.3, 0.4) is 0 Å². The van der Waals surface area contributed by atoms with E-state index in [2.05, 4.69) is 9.72 Å². The first-order valence-electron chi connectivity index (χ1n) is 3.67. The molecule has 78 valence electrons. The third-order valence-corrected chi connectivity index (χ3v) is 1.95. The van der Waals surface area contributed by atoms with Crippen molar-refractivity contribution in [3.8, 4) is 5.88 Å². The van der Waals surface area contributed by atoms with Crippen molar-refractivity contribution in [1.29, 1.82) is 0 Å². The Balaban J connectivity index is 3.28. The van der Waals surface area contributed by atoms with E-state index in [1.54, 1.807) is 0 Å². The molecule has 0 N–H and O–H groups in total. The number of ether oxygens (including phenoxy) is 1. The third-order valence-electron chi connectivity index (χ3n) is 1.68. The molecule has 0 aromatic carbocycles. The van der Waals surface area contributed by atoms with Crippen molar-refractivity contribution in [3.05, 3.63) is 23.1 Å². The van der Waals surface area contributed by atoms with E-state index in [4.69, 9.17) is 11.6 Å². The van der Waals surface area contributed by atoms with Gasteiger partial charge in [-0.1, -0.05) is 0 Å². The van der Waals surface area contributed by atoms with Crippen molar-refractivity contribution in [2.24, 2.45) is 0 Å². The predicted molar refractivity (Wildman–Crippen MR) is 45.3 cm³/mol. The normalized spacial score (nSPS) is 10.7. The number of aromatic nitrogens is 1. The van der Waals surface area contributed by atoms with Gasteiger partial charge in [-0.2, -0.15) is 0 Å². The van der Waals surface area contributed by atoms with Crippen molar-refractivity contribution >= 4 is 11.6 Å². The average Bonchev–Trinajstić information content (AvgIpc) is 2.17. The minimum Gasteiger partial charge on any atom is -0.479 e. The zero-order valence-electron chi connectivity index (χ0n) is 7.23. The summed E-state index contributed by atoms with van der Waals surface area (Å²) in [6.07, 6.45) is -1.93. The van der Waals surface area contributed by atoms with Gasteiger partial charge < -0.3 is 4.74 Å². The molecular formula is C8H7ClF3NO. The highest BCUT2D eigenvalue weighted by atomic mass is 35.5. The number of hydrogen-bond acceptors (Lipinski definition) is 2. The molecule has 0 aliphatic heterocycles. The molecule has 1 aromatic rings. The number of rotatable bonds is 3. The molecule has 0 amide bonds. The first-order chi connectivity index (χ1) is 6.61. The minimum absolute atomic E-state index is 0.270. The number of pyridine rings is 1. The monoisotopic (exact) mass is 225 g/mol. The number of methoxy groups -OCH3 is 1. The maximum Gasteiger partial charge on any atom is 0.265 e. The van der Waals surface area contributed by atoms with Crippen LogP contribution in [0.15, 0.2) is 6.20 Å². The van der Waals surface area contributed by atoms with E-state index in [9.17, 15) is 13.2 Å². The van der Waals surface area contributed by atoms with Gasteiger partial charge in [-0.05, 0) is 0 Å². The smallest absolute Gasteiger partial charge is 0.265 e. The molecular weight excluding hydrogens is 219 g/mol. The Morgan fingerprint density at radius 2 is 2.21 bits per heavy atom. The topological polar surface area (TPSA) is 22.1 Å². The van der Waals surface area contributed by atoms with Gasteiger partial charge in [-0.25, -0.2) is 18.2 Å². The lowest BCUT2D eigenvalue weighted by atomic mass is 10.1. The molecule has 0 saturated heterocycles. The maximum absolute atomic E-state index is 13.3. The van der Waals surface area contributed by atoms with Crippen LogP contribution < -0.4 is 4.74 Å². The van der Waals surface area contributed by atoms with Gasteiger partial charge in [0.1, 0.15) is 0 Å². The van der Waals surface area contributed by atoms with Gasteiger partial charge in [0.25, 0.3) is 6.43 Å². The molecule has 0 fully saturated rings. The SMILES string of the molecule is COc1ncc(C(F)F)c(CCl)c1F. The van der Waals surface area contributed by atoms with Crippen LogP contribution in [-0.2, 0) is 5.88 Å². The fourth-order valence-electron chi connectivity index (χ4n) is 0.985. The number of halogens is 4. The fourth-order valence-corrected chi connectivity index (χ4v) is 1.26. The largest absolute Gasteiger partial charge is 0.479 e. The molecule has 0 aliphatic carbocycles. The molecule has 0 aliphatic rings. The summed E-state index contributed by atoms with van der Waals surface area (Å²) in [4.78, 5) is 3.39. The van der Waals surface area contributed by atoms with Crippen molar-refractivity contribution < 1.29 is 17.9 Å². The van der Waals surface area contributed by atoms with E-state index in [1.807, 2.05) is 0 Å². The average molecular weight is 226 g/mol. The lowest BCUT2D eigenvalue weighted by Crippen LogP contribution is -2.02. The number of alkyl halides is 3. The second-order valence-corrected chi connectivity index (χ2v) is 2.72. The molecule has 14 heavy (non-hydrogen) atoms. The van der Waals surface area contributed by atoms with Crippen LogP contribution in [0.5, 0.6) is 5.88 Å². The van der Waals surface area contributed by atoms with E-state index < -0.39 is 17.8 Å². The second kappa shape index (κ2) is 4.50. The summed E-state index contributed by atoms with van der Waals surface area (Å²) in [6.45, 7) is 0. The van der Waals surface area contributed by atoms with Crippen molar-refractivity contribution in [2.45, 2.75) is 12.3 Å². The first kappa shape index (κ1) is 11.1. The highest BCUT2D eigenvalue weighted by molar-refractivity contribution is 6.17.